The molecule has 2 nitrogen and oxygen atoms in total. The van der Waals surface area contributed by atoms with Crippen molar-refractivity contribution < 1.29 is 0 Å². The number of rotatable bonds is 1. The average Bonchev–Trinajstić information content (AvgIpc) is 2.79. The third-order valence-electron chi connectivity index (χ3n) is 4.42. The highest BCUT2D eigenvalue weighted by Crippen LogP contribution is 2.29. The summed E-state index contributed by atoms with van der Waals surface area (Å²) in [5.74, 6) is 0.608. The van der Waals surface area contributed by atoms with Crippen LogP contribution in [0.3, 0.4) is 0 Å². The summed E-state index contributed by atoms with van der Waals surface area (Å²) in [7, 11) is 0. The van der Waals surface area contributed by atoms with Gasteiger partial charge in [0.05, 0.1) is 0 Å². The van der Waals surface area contributed by atoms with E-state index < -0.39 is 0 Å². The summed E-state index contributed by atoms with van der Waals surface area (Å²) in [5, 5.41) is 0. The molecule has 0 saturated carbocycles. The largest absolute Gasteiger partial charge is 0.371 e. The van der Waals surface area contributed by atoms with Crippen molar-refractivity contribution in [3.05, 3.63) is 29.3 Å². The molecule has 1 saturated heterocycles. The Labute approximate surface area is 104 Å². The lowest BCUT2D eigenvalue weighted by molar-refractivity contribution is 0.383. The summed E-state index contributed by atoms with van der Waals surface area (Å²) in [4.78, 5) is 2.51. The van der Waals surface area contributed by atoms with Crippen LogP contribution in [0, 0.1) is 5.92 Å². The predicted molar refractivity (Wildman–Crippen MR) is 72.4 cm³/mol. The van der Waals surface area contributed by atoms with Crippen molar-refractivity contribution in [3.8, 4) is 0 Å². The second-order valence-corrected chi connectivity index (χ2v) is 5.68. The zero-order chi connectivity index (χ0) is 11.8. The number of aryl methyl sites for hydroxylation is 2. The third kappa shape index (κ3) is 2.06. The molecule has 2 heteroatoms. The SMILES string of the molecule is CC1CN(c2ccc3c(c2)CCC3)CCC1N. The predicted octanol–water partition coefficient (Wildman–Crippen LogP) is 2.35. The molecule has 1 aromatic carbocycles. The average molecular weight is 230 g/mol. The van der Waals surface area contributed by atoms with Crippen LogP contribution in [0.2, 0.25) is 0 Å². The van der Waals surface area contributed by atoms with Crippen LogP contribution in [0.4, 0.5) is 5.69 Å². The first-order valence-corrected chi connectivity index (χ1v) is 6.86. The number of benzene rings is 1. The van der Waals surface area contributed by atoms with Gasteiger partial charge < -0.3 is 10.6 Å². The summed E-state index contributed by atoms with van der Waals surface area (Å²) < 4.78 is 0. The summed E-state index contributed by atoms with van der Waals surface area (Å²) in [6.07, 6.45) is 5.00. The topological polar surface area (TPSA) is 29.3 Å². The van der Waals surface area contributed by atoms with Crippen LogP contribution in [0.25, 0.3) is 0 Å². The zero-order valence-corrected chi connectivity index (χ0v) is 10.7. The van der Waals surface area contributed by atoms with Gasteiger partial charge in [-0.3, -0.25) is 0 Å². The van der Waals surface area contributed by atoms with Crippen LogP contribution in [0.15, 0.2) is 18.2 Å². The van der Waals surface area contributed by atoms with Crippen LogP contribution in [0.5, 0.6) is 0 Å². The Hall–Kier alpha value is -1.02. The molecule has 1 fully saturated rings. The smallest absolute Gasteiger partial charge is 0.0369 e. The van der Waals surface area contributed by atoms with Crippen molar-refractivity contribution in [3.63, 3.8) is 0 Å². The van der Waals surface area contributed by atoms with Gasteiger partial charge >= 0.3 is 0 Å². The van der Waals surface area contributed by atoms with Crippen molar-refractivity contribution in [1.82, 2.24) is 0 Å². The van der Waals surface area contributed by atoms with Crippen molar-refractivity contribution in [2.45, 2.75) is 38.6 Å². The summed E-state index contributed by atoms with van der Waals surface area (Å²) in [6.45, 7) is 4.49. The van der Waals surface area contributed by atoms with Crippen LogP contribution < -0.4 is 10.6 Å². The highest BCUT2D eigenvalue weighted by Gasteiger charge is 2.23. The maximum absolute atomic E-state index is 6.08. The maximum Gasteiger partial charge on any atom is 0.0369 e. The van der Waals surface area contributed by atoms with E-state index in [1.807, 2.05) is 0 Å². The number of hydrogen-bond acceptors (Lipinski definition) is 2. The Kier molecular flexibility index (Phi) is 2.83. The van der Waals surface area contributed by atoms with Gasteiger partial charge in [0.1, 0.15) is 0 Å². The molecule has 0 radical (unpaired) electrons. The lowest BCUT2D eigenvalue weighted by Gasteiger charge is -2.36. The number of fused-ring (bicyclic) bond motifs is 1. The number of nitrogens with two attached hydrogens (primary N) is 1. The van der Waals surface area contributed by atoms with E-state index in [1.54, 1.807) is 11.1 Å². The first kappa shape index (κ1) is 11.1. The Bertz CT molecular complexity index is 413. The monoisotopic (exact) mass is 230 g/mol. The Balaban J connectivity index is 1.80. The molecule has 1 aromatic rings. The van der Waals surface area contributed by atoms with Crippen LogP contribution in [-0.4, -0.2) is 19.1 Å². The number of anilines is 1. The second kappa shape index (κ2) is 4.34. The van der Waals surface area contributed by atoms with E-state index >= 15 is 0 Å². The molecular weight excluding hydrogens is 208 g/mol. The molecule has 1 aliphatic carbocycles. The van der Waals surface area contributed by atoms with Crippen molar-refractivity contribution in [1.29, 1.82) is 0 Å². The minimum atomic E-state index is 0.390. The van der Waals surface area contributed by atoms with Gasteiger partial charge in [-0.05, 0) is 54.9 Å². The zero-order valence-electron chi connectivity index (χ0n) is 10.7. The van der Waals surface area contributed by atoms with Gasteiger partial charge in [-0.2, -0.15) is 0 Å². The molecule has 3 rings (SSSR count). The van der Waals surface area contributed by atoms with Crippen LogP contribution in [-0.2, 0) is 12.8 Å². The lowest BCUT2D eigenvalue weighted by atomic mass is 9.94. The van der Waals surface area contributed by atoms with Gasteiger partial charge in [0.2, 0.25) is 0 Å². The fourth-order valence-corrected chi connectivity index (χ4v) is 3.15. The first-order valence-electron chi connectivity index (χ1n) is 6.86. The quantitative estimate of drug-likeness (QED) is 0.802. The van der Waals surface area contributed by atoms with Gasteiger partial charge in [0.25, 0.3) is 0 Å². The molecule has 0 aromatic heterocycles. The molecule has 0 amide bonds. The number of nitrogens with zero attached hydrogens (tertiary/aromatic N) is 1. The van der Waals surface area contributed by atoms with Gasteiger partial charge in [0, 0.05) is 24.8 Å². The molecule has 1 aliphatic heterocycles. The fraction of sp³-hybridized carbons (Fsp3) is 0.600. The molecular formula is C15H22N2. The van der Waals surface area contributed by atoms with E-state index in [-0.39, 0.29) is 0 Å². The van der Waals surface area contributed by atoms with Gasteiger partial charge in [-0.25, -0.2) is 0 Å². The molecule has 2 aliphatic rings. The van der Waals surface area contributed by atoms with E-state index in [1.165, 1.54) is 24.9 Å². The van der Waals surface area contributed by atoms with E-state index in [0.717, 1.165) is 19.5 Å². The van der Waals surface area contributed by atoms with Gasteiger partial charge in [-0.1, -0.05) is 13.0 Å². The first-order chi connectivity index (χ1) is 8.24. The highest BCUT2D eigenvalue weighted by molar-refractivity contribution is 5.52. The van der Waals surface area contributed by atoms with Crippen molar-refractivity contribution >= 4 is 5.69 Å². The molecule has 2 N–H and O–H groups in total. The lowest BCUT2D eigenvalue weighted by Crippen LogP contribution is -2.46. The molecule has 2 atom stereocenters. The standard InChI is InChI=1S/C15H22N2/c1-11-10-17(8-7-15(11)16)14-6-5-12-3-2-4-13(12)9-14/h5-6,9,11,15H,2-4,7-8,10,16H2,1H3. The molecule has 1 heterocycles. The number of hydrogen-bond donors (Lipinski definition) is 1. The Morgan fingerprint density at radius 1 is 1.24 bits per heavy atom. The van der Waals surface area contributed by atoms with Crippen LogP contribution in [0.1, 0.15) is 30.9 Å². The Morgan fingerprint density at radius 3 is 2.88 bits per heavy atom. The van der Waals surface area contributed by atoms with E-state index in [9.17, 15) is 0 Å². The second-order valence-electron chi connectivity index (χ2n) is 5.68. The van der Waals surface area contributed by atoms with Crippen LogP contribution >= 0.6 is 0 Å². The third-order valence-corrected chi connectivity index (χ3v) is 4.42. The molecule has 2 unspecified atom stereocenters. The summed E-state index contributed by atoms with van der Waals surface area (Å²) in [6, 6.07) is 7.43. The fourth-order valence-electron chi connectivity index (χ4n) is 3.15. The molecule has 92 valence electrons. The minimum absolute atomic E-state index is 0.390. The maximum atomic E-state index is 6.08. The Morgan fingerprint density at radius 2 is 2.06 bits per heavy atom. The van der Waals surface area contributed by atoms with E-state index in [0.29, 0.717) is 12.0 Å². The van der Waals surface area contributed by atoms with Gasteiger partial charge in [0.15, 0.2) is 0 Å². The van der Waals surface area contributed by atoms with Gasteiger partial charge in [-0.15, -0.1) is 0 Å². The molecule has 0 bridgehead atoms. The summed E-state index contributed by atoms with van der Waals surface area (Å²) in [5.41, 5.74) is 10.6. The molecule has 17 heavy (non-hydrogen) atoms. The van der Waals surface area contributed by atoms with E-state index in [2.05, 4.69) is 30.0 Å². The van der Waals surface area contributed by atoms with Crippen molar-refractivity contribution in [2.75, 3.05) is 18.0 Å². The minimum Gasteiger partial charge on any atom is -0.371 e. The van der Waals surface area contributed by atoms with E-state index in [4.69, 9.17) is 5.73 Å². The number of piperidine rings is 1. The highest BCUT2D eigenvalue weighted by atomic mass is 15.1. The normalized spacial score (nSPS) is 28.2. The van der Waals surface area contributed by atoms with Crippen molar-refractivity contribution in [2.24, 2.45) is 11.7 Å². The summed E-state index contributed by atoms with van der Waals surface area (Å²) >= 11 is 0. The molecule has 0 spiro atoms.